The third-order valence-corrected chi connectivity index (χ3v) is 6.52. The maximum Gasteiger partial charge on any atom is 0.315 e. The molecule has 2 aromatic rings. The van der Waals surface area contributed by atoms with E-state index in [1.165, 1.54) is 22.4 Å². The van der Waals surface area contributed by atoms with Gasteiger partial charge in [-0.1, -0.05) is 24.3 Å². The molecule has 2 aromatic carbocycles. The van der Waals surface area contributed by atoms with Crippen LogP contribution >= 0.6 is 0 Å². The highest BCUT2D eigenvalue weighted by atomic mass is 16.5. The molecule has 2 amide bonds. The average Bonchev–Trinajstić information content (AvgIpc) is 3.09. The minimum Gasteiger partial charge on any atom is -0.497 e. The molecule has 0 radical (unpaired) electrons. The topological polar surface area (TPSA) is 53.6 Å². The molecule has 2 aliphatic rings. The molecule has 154 valence electrons. The molecule has 0 atom stereocenters. The standard InChI is InChI=1S/C24H31N3O2/c1-27(2)22-9-6-19(15-20(22)14-17-4-7-21(29-3)8-5-17)18-10-12-24(13-11-18)16-25-23(28)26-24/h4-9,15,18H,10-14,16H2,1-3H3,(H2,25,26,28). The molecule has 1 heterocycles. The predicted octanol–water partition coefficient (Wildman–Crippen LogP) is 4.06. The number of rotatable bonds is 5. The maximum absolute atomic E-state index is 11.6. The Morgan fingerprint density at radius 2 is 1.83 bits per heavy atom. The normalized spacial score (nSPS) is 23.6. The molecule has 1 aliphatic carbocycles. The van der Waals surface area contributed by atoms with Crippen molar-refractivity contribution >= 4 is 11.7 Å². The molecule has 0 aromatic heterocycles. The molecular formula is C24H31N3O2. The molecule has 29 heavy (non-hydrogen) atoms. The Kier molecular flexibility index (Phi) is 5.39. The van der Waals surface area contributed by atoms with Crippen molar-refractivity contribution in [2.24, 2.45) is 0 Å². The zero-order valence-corrected chi connectivity index (χ0v) is 17.6. The molecule has 5 heteroatoms. The number of carbonyl (C=O) groups excluding carboxylic acids is 1. The lowest BCUT2D eigenvalue weighted by atomic mass is 9.74. The van der Waals surface area contributed by atoms with Crippen molar-refractivity contribution in [3.63, 3.8) is 0 Å². The van der Waals surface area contributed by atoms with Gasteiger partial charge in [-0.25, -0.2) is 4.79 Å². The van der Waals surface area contributed by atoms with Gasteiger partial charge in [0, 0.05) is 26.3 Å². The van der Waals surface area contributed by atoms with Crippen LogP contribution < -0.4 is 20.3 Å². The zero-order chi connectivity index (χ0) is 20.4. The minimum atomic E-state index is -0.0247. The Morgan fingerprint density at radius 3 is 2.41 bits per heavy atom. The summed E-state index contributed by atoms with van der Waals surface area (Å²) in [5.74, 6) is 1.45. The first-order valence-corrected chi connectivity index (χ1v) is 10.5. The van der Waals surface area contributed by atoms with Crippen molar-refractivity contribution in [1.82, 2.24) is 10.6 Å². The van der Waals surface area contributed by atoms with Crippen LogP contribution in [0.5, 0.6) is 5.75 Å². The van der Waals surface area contributed by atoms with E-state index < -0.39 is 0 Å². The number of benzene rings is 2. The zero-order valence-electron chi connectivity index (χ0n) is 17.6. The third-order valence-electron chi connectivity index (χ3n) is 6.52. The van der Waals surface area contributed by atoms with Crippen LogP contribution in [0.15, 0.2) is 42.5 Å². The first-order valence-electron chi connectivity index (χ1n) is 10.5. The van der Waals surface area contributed by atoms with Crippen LogP contribution in [0.25, 0.3) is 0 Å². The summed E-state index contributed by atoms with van der Waals surface area (Å²) in [6, 6.07) is 15.3. The second kappa shape index (κ2) is 7.97. The lowest BCUT2D eigenvalue weighted by Gasteiger charge is -2.36. The second-order valence-electron chi connectivity index (χ2n) is 8.67. The van der Waals surface area contributed by atoms with Gasteiger partial charge in [0.1, 0.15) is 5.75 Å². The highest BCUT2D eigenvalue weighted by molar-refractivity contribution is 5.77. The Bertz CT molecular complexity index is 868. The van der Waals surface area contributed by atoms with Gasteiger partial charge in [0.05, 0.1) is 12.6 Å². The van der Waals surface area contributed by atoms with E-state index in [-0.39, 0.29) is 11.6 Å². The van der Waals surface area contributed by atoms with E-state index in [0.717, 1.165) is 44.4 Å². The Labute approximate surface area is 173 Å². The number of nitrogens with zero attached hydrogens (tertiary/aromatic N) is 1. The van der Waals surface area contributed by atoms with Gasteiger partial charge in [0.15, 0.2) is 0 Å². The second-order valence-corrected chi connectivity index (χ2v) is 8.67. The van der Waals surface area contributed by atoms with Crippen molar-refractivity contribution < 1.29 is 9.53 Å². The summed E-state index contributed by atoms with van der Waals surface area (Å²) in [4.78, 5) is 13.8. The van der Waals surface area contributed by atoms with Crippen LogP contribution in [-0.4, -0.2) is 39.3 Å². The van der Waals surface area contributed by atoms with Crippen molar-refractivity contribution in [2.45, 2.75) is 43.6 Å². The van der Waals surface area contributed by atoms with E-state index in [0.29, 0.717) is 5.92 Å². The number of urea groups is 1. The number of amides is 2. The molecule has 1 saturated heterocycles. The van der Waals surface area contributed by atoms with Crippen LogP contribution in [0.4, 0.5) is 10.5 Å². The summed E-state index contributed by atoms with van der Waals surface area (Å²) in [5, 5.41) is 6.09. The lowest BCUT2D eigenvalue weighted by molar-refractivity contribution is 0.231. The number of carbonyl (C=O) groups is 1. The number of methoxy groups -OCH3 is 1. The smallest absolute Gasteiger partial charge is 0.315 e. The van der Waals surface area contributed by atoms with E-state index in [1.807, 2.05) is 12.1 Å². The van der Waals surface area contributed by atoms with E-state index >= 15 is 0 Å². The minimum absolute atomic E-state index is 0.0134. The SMILES string of the molecule is COc1ccc(Cc2cc(C3CCC4(CC3)CNC(=O)N4)ccc2N(C)C)cc1. The van der Waals surface area contributed by atoms with Crippen LogP contribution in [0.2, 0.25) is 0 Å². The first-order chi connectivity index (χ1) is 14.0. The molecule has 4 rings (SSSR count). The monoisotopic (exact) mass is 393 g/mol. The van der Waals surface area contributed by atoms with Gasteiger partial charge in [-0.2, -0.15) is 0 Å². The summed E-state index contributed by atoms with van der Waals surface area (Å²) >= 11 is 0. The summed E-state index contributed by atoms with van der Waals surface area (Å²) in [5.41, 5.74) is 5.31. The van der Waals surface area contributed by atoms with Gasteiger partial charge in [-0.05, 0) is 72.9 Å². The molecule has 1 aliphatic heterocycles. The fourth-order valence-electron chi connectivity index (χ4n) is 4.78. The highest BCUT2D eigenvalue weighted by Crippen LogP contribution is 2.40. The van der Waals surface area contributed by atoms with Crippen molar-refractivity contribution in [1.29, 1.82) is 0 Å². The number of anilines is 1. The number of hydrogen-bond donors (Lipinski definition) is 2. The molecular weight excluding hydrogens is 362 g/mol. The highest BCUT2D eigenvalue weighted by Gasteiger charge is 2.40. The van der Waals surface area contributed by atoms with Crippen LogP contribution in [0.3, 0.4) is 0 Å². The predicted molar refractivity (Wildman–Crippen MR) is 117 cm³/mol. The van der Waals surface area contributed by atoms with Crippen molar-refractivity contribution in [3.8, 4) is 5.75 Å². The average molecular weight is 394 g/mol. The third kappa shape index (κ3) is 4.19. The first kappa shape index (κ1) is 19.6. The molecule has 0 unspecified atom stereocenters. The molecule has 5 nitrogen and oxygen atoms in total. The molecule has 0 bridgehead atoms. The van der Waals surface area contributed by atoms with E-state index in [9.17, 15) is 4.79 Å². The Hall–Kier alpha value is -2.69. The largest absolute Gasteiger partial charge is 0.497 e. The van der Waals surface area contributed by atoms with Gasteiger partial charge >= 0.3 is 6.03 Å². The molecule has 1 saturated carbocycles. The van der Waals surface area contributed by atoms with E-state index in [1.54, 1.807) is 7.11 Å². The van der Waals surface area contributed by atoms with E-state index in [4.69, 9.17) is 4.74 Å². The molecule has 2 fully saturated rings. The van der Waals surface area contributed by atoms with Gasteiger partial charge in [0.25, 0.3) is 0 Å². The summed E-state index contributed by atoms with van der Waals surface area (Å²) in [6.07, 6.45) is 5.22. The summed E-state index contributed by atoms with van der Waals surface area (Å²) < 4.78 is 5.29. The Morgan fingerprint density at radius 1 is 1.10 bits per heavy atom. The number of nitrogens with one attached hydrogen (secondary N) is 2. The summed E-state index contributed by atoms with van der Waals surface area (Å²) in [6.45, 7) is 0.765. The Balaban J connectivity index is 1.52. The van der Waals surface area contributed by atoms with Crippen LogP contribution in [-0.2, 0) is 6.42 Å². The molecule has 1 spiro atoms. The quantitative estimate of drug-likeness (QED) is 0.805. The summed E-state index contributed by atoms with van der Waals surface area (Å²) in [7, 11) is 5.91. The van der Waals surface area contributed by atoms with Gasteiger partial charge in [-0.15, -0.1) is 0 Å². The van der Waals surface area contributed by atoms with E-state index in [2.05, 4.69) is 60.0 Å². The van der Waals surface area contributed by atoms with Crippen molar-refractivity contribution in [3.05, 3.63) is 59.2 Å². The fraction of sp³-hybridized carbons (Fsp3) is 0.458. The van der Waals surface area contributed by atoms with Crippen molar-refractivity contribution in [2.75, 3.05) is 32.6 Å². The maximum atomic E-state index is 11.6. The number of hydrogen-bond acceptors (Lipinski definition) is 3. The fourth-order valence-corrected chi connectivity index (χ4v) is 4.78. The van der Waals surface area contributed by atoms with Gasteiger partial charge in [-0.3, -0.25) is 0 Å². The lowest BCUT2D eigenvalue weighted by Crippen LogP contribution is -2.46. The van der Waals surface area contributed by atoms with Crippen LogP contribution in [0.1, 0.15) is 48.3 Å². The van der Waals surface area contributed by atoms with Crippen LogP contribution in [0, 0.1) is 0 Å². The molecule has 2 N–H and O–H groups in total. The number of ether oxygens (including phenoxy) is 1. The van der Waals surface area contributed by atoms with Gasteiger partial charge in [0.2, 0.25) is 0 Å². The van der Waals surface area contributed by atoms with Gasteiger partial charge < -0.3 is 20.3 Å².